The van der Waals surface area contributed by atoms with Gasteiger partial charge in [0.1, 0.15) is 5.82 Å². The van der Waals surface area contributed by atoms with E-state index in [1.165, 1.54) is 12.0 Å². The molecule has 0 unspecified atom stereocenters. The number of hydrogen-bond donors (Lipinski definition) is 1. The Morgan fingerprint density at radius 1 is 1.13 bits per heavy atom. The molecule has 3 heterocycles. The maximum absolute atomic E-state index is 12.6. The third-order valence-corrected chi connectivity index (χ3v) is 6.49. The summed E-state index contributed by atoms with van der Waals surface area (Å²) in [5.41, 5.74) is 2.81. The zero-order chi connectivity index (χ0) is 20.7. The van der Waals surface area contributed by atoms with Crippen LogP contribution in [-0.2, 0) is 11.3 Å². The van der Waals surface area contributed by atoms with Crippen LogP contribution in [0.4, 0.5) is 0 Å². The second-order valence-electron chi connectivity index (χ2n) is 8.58. The minimum atomic E-state index is -0.252. The molecule has 8 nitrogen and oxygen atoms in total. The van der Waals surface area contributed by atoms with Gasteiger partial charge in [0.15, 0.2) is 11.2 Å². The minimum absolute atomic E-state index is 0.135. The molecule has 1 aromatic carbocycles. The van der Waals surface area contributed by atoms with E-state index < -0.39 is 0 Å². The molecular weight excluding hydrogens is 380 g/mol. The average molecular weight is 406 g/mol. The molecule has 0 radical (unpaired) electrons. The SMILES string of the molecule is Cc1ccc(Cn2nnc3c(=O)[nH]c(C4CCN(C(=O)C5CCC5)CC4)nc32)cc1. The number of aromatic nitrogens is 5. The Bertz CT molecular complexity index is 1120. The van der Waals surface area contributed by atoms with Gasteiger partial charge in [0.25, 0.3) is 5.56 Å². The average Bonchev–Trinajstić information content (AvgIpc) is 3.12. The third kappa shape index (κ3) is 3.51. The number of benzene rings is 1. The summed E-state index contributed by atoms with van der Waals surface area (Å²) in [7, 11) is 0. The van der Waals surface area contributed by atoms with Crippen LogP contribution in [0.25, 0.3) is 11.2 Å². The van der Waals surface area contributed by atoms with Gasteiger partial charge in [-0.05, 0) is 38.2 Å². The van der Waals surface area contributed by atoms with Crippen LogP contribution in [-0.4, -0.2) is 48.9 Å². The van der Waals surface area contributed by atoms with Crippen molar-refractivity contribution in [3.05, 3.63) is 51.6 Å². The minimum Gasteiger partial charge on any atom is -0.342 e. The molecule has 1 saturated carbocycles. The van der Waals surface area contributed by atoms with Gasteiger partial charge >= 0.3 is 0 Å². The summed E-state index contributed by atoms with van der Waals surface area (Å²) in [6.45, 7) is 4.01. The monoisotopic (exact) mass is 406 g/mol. The van der Waals surface area contributed by atoms with E-state index in [2.05, 4.69) is 27.4 Å². The fraction of sp³-hybridized carbons (Fsp3) is 0.500. The van der Waals surface area contributed by atoms with Gasteiger partial charge in [-0.2, -0.15) is 0 Å². The number of H-pyrrole nitrogens is 1. The van der Waals surface area contributed by atoms with Gasteiger partial charge in [-0.3, -0.25) is 9.59 Å². The molecular formula is C22H26N6O2. The highest BCUT2D eigenvalue weighted by molar-refractivity contribution is 5.79. The van der Waals surface area contributed by atoms with Crippen molar-refractivity contribution in [3.8, 4) is 0 Å². The third-order valence-electron chi connectivity index (χ3n) is 6.49. The Balaban J connectivity index is 1.35. The largest absolute Gasteiger partial charge is 0.342 e. The van der Waals surface area contributed by atoms with Crippen molar-refractivity contribution in [1.82, 2.24) is 29.9 Å². The smallest absolute Gasteiger partial charge is 0.281 e. The highest BCUT2D eigenvalue weighted by Crippen LogP contribution is 2.31. The first-order valence-electron chi connectivity index (χ1n) is 10.8. The number of hydrogen-bond acceptors (Lipinski definition) is 5. The van der Waals surface area contributed by atoms with Crippen LogP contribution in [0.15, 0.2) is 29.1 Å². The summed E-state index contributed by atoms with van der Waals surface area (Å²) < 4.78 is 1.69. The lowest BCUT2D eigenvalue weighted by Gasteiger charge is -2.36. The quantitative estimate of drug-likeness (QED) is 0.718. The number of carbonyl (C=O) groups excluding carboxylic acids is 1. The zero-order valence-electron chi connectivity index (χ0n) is 17.2. The van der Waals surface area contributed by atoms with Crippen molar-refractivity contribution in [1.29, 1.82) is 0 Å². The van der Waals surface area contributed by atoms with E-state index >= 15 is 0 Å². The molecule has 1 N–H and O–H groups in total. The summed E-state index contributed by atoms with van der Waals surface area (Å²) in [6, 6.07) is 8.20. The highest BCUT2D eigenvalue weighted by atomic mass is 16.2. The topological polar surface area (TPSA) is 96.8 Å². The van der Waals surface area contributed by atoms with Gasteiger partial charge in [-0.25, -0.2) is 9.67 Å². The molecule has 1 saturated heterocycles. The Labute approximate surface area is 174 Å². The van der Waals surface area contributed by atoms with Gasteiger partial charge in [0.2, 0.25) is 5.91 Å². The number of carbonyl (C=O) groups is 1. The maximum atomic E-state index is 12.6. The Morgan fingerprint density at radius 2 is 1.87 bits per heavy atom. The first kappa shape index (κ1) is 19.0. The van der Waals surface area contributed by atoms with Crippen molar-refractivity contribution < 1.29 is 4.79 Å². The number of nitrogens with one attached hydrogen (secondary N) is 1. The number of nitrogens with zero attached hydrogens (tertiary/aromatic N) is 5. The van der Waals surface area contributed by atoms with E-state index in [-0.39, 0.29) is 22.9 Å². The molecule has 0 atom stereocenters. The number of fused-ring (bicyclic) bond motifs is 1. The highest BCUT2D eigenvalue weighted by Gasteiger charge is 2.32. The lowest BCUT2D eigenvalue weighted by molar-refractivity contribution is -0.139. The van der Waals surface area contributed by atoms with Gasteiger partial charge < -0.3 is 9.88 Å². The number of likely N-dealkylation sites (tertiary alicyclic amines) is 1. The predicted molar refractivity (Wildman–Crippen MR) is 112 cm³/mol. The summed E-state index contributed by atoms with van der Waals surface area (Å²) in [6.07, 6.45) is 4.85. The standard InChI is InChI=1S/C22H26N6O2/c1-14-5-7-15(8-6-14)13-28-20-18(25-26-28)21(29)24-19(23-20)16-9-11-27(12-10-16)22(30)17-3-2-4-17/h5-8,16-17H,2-4,9-13H2,1H3,(H,23,24,29). The normalized spacial score (nSPS) is 18.0. The summed E-state index contributed by atoms with van der Waals surface area (Å²) in [5, 5.41) is 8.20. The van der Waals surface area contributed by atoms with Gasteiger partial charge in [0, 0.05) is 24.9 Å². The Kier molecular flexibility index (Phi) is 4.84. The lowest BCUT2D eigenvalue weighted by atomic mass is 9.83. The summed E-state index contributed by atoms with van der Waals surface area (Å²) in [5.74, 6) is 1.35. The molecule has 2 aliphatic rings. The molecule has 1 amide bonds. The summed E-state index contributed by atoms with van der Waals surface area (Å²) >= 11 is 0. The Hall–Kier alpha value is -3.03. The molecule has 156 valence electrons. The second kappa shape index (κ2) is 7.66. The number of aryl methyl sites for hydroxylation is 1. The van der Waals surface area contributed by atoms with E-state index in [4.69, 9.17) is 4.98 Å². The van der Waals surface area contributed by atoms with Crippen molar-refractivity contribution in [2.24, 2.45) is 5.92 Å². The fourth-order valence-corrected chi connectivity index (χ4v) is 4.34. The lowest BCUT2D eigenvalue weighted by Crippen LogP contribution is -2.43. The van der Waals surface area contributed by atoms with Crippen LogP contribution in [0.1, 0.15) is 55.0 Å². The number of aromatic amines is 1. The van der Waals surface area contributed by atoms with Crippen LogP contribution >= 0.6 is 0 Å². The fourth-order valence-electron chi connectivity index (χ4n) is 4.34. The molecule has 0 spiro atoms. The molecule has 0 bridgehead atoms. The predicted octanol–water partition coefficient (Wildman–Crippen LogP) is 2.38. The van der Waals surface area contributed by atoms with Crippen LogP contribution in [0.3, 0.4) is 0 Å². The van der Waals surface area contributed by atoms with Crippen LogP contribution in [0.5, 0.6) is 0 Å². The molecule has 8 heteroatoms. The van der Waals surface area contributed by atoms with E-state index in [1.54, 1.807) is 4.68 Å². The van der Waals surface area contributed by atoms with Crippen molar-refractivity contribution in [3.63, 3.8) is 0 Å². The van der Waals surface area contributed by atoms with Crippen molar-refractivity contribution in [2.75, 3.05) is 13.1 Å². The molecule has 1 aliphatic heterocycles. The van der Waals surface area contributed by atoms with Crippen molar-refractivity contribution >= 4 is 17.1 Å². The van der Waals surface area contributed by atoms with E-state index in [0.29, 0.717) is 23.9 Å². The van der Waals surface area contributed by atoms with Crippen LogP contribution in [0, 0.1) is 12.8 Å². The van der Waals surface area contributed by atoms with Crippen molar-refractivity contribution in [2.45, 2.75) is 51.5 Å². The molecule has 30 heavy (non-hydrogen) atoms. The number of rotatable bonds is 4. The van der Waals surface area contributed by atoms with E-state index in [9.17, 15) is 9.59 Å². The number of amides is 1. The van der Waals surface area contributed by atoms with E-state index in [1.807, 2.05) is 24.0 Å². The molecule has 3 aromatic rings. The molecule has 2 fully saturated rings. The Morgan fingerprint density at radius 3 is 2.53 bits per heavy atom. The zero-order valence-corrected chi connectivity index (χ0v) is 17.2. The molecule has 2 aromatic heterocycles. The van der Waals surface area contributed by atoms with Crippen LogP contribution < -0.4 is 5.56 Å². The van der Waals surface area contributed by atoms with Gasteiger partial charge in [0.05, 0.1) is 6.54 Å². The maximum Gasteiger partial charge on any atom is 0.281 e. The van der Waals surface area contributed by atoms with Gasteiger partial charge in [-0.1, -0.05) is 41.5 Å². The summed E-state index contributed by atoms with van der Waals surface area (Å²) in [4.78, 5) is 34.7. The molecule has 5 rings (SSSR count). The first-order valence-corrected chi connectivity index (χ1v) is 10.8. The second-order valence-corrected chi connectivity index (χ2v) is 8.58. The van der Waals surface area contributed by atoms with Gasteiger partial charge in [-0.15, -0.1) is 5.10 Å². The molecule has 1 aliphatic carbocycles. The van der Waals surface area contributed by atoms with Crippen LogP contribution in [0.2, 0.25) is 0 Å². The first-order chi connectivity index (χ1) is 14.6. The number of piperidine rings is 1. The van der Waals surface area contributed by atoms with E-state index in [0.717, 1.165) is 44.3 Å².